The number of hydrogen-bond donors (Lipinski definition) is 2. The van der Waals surface area contributed by atoms with Gasteiger partial charge in [-0.25, -0.2) is 0 Å². The van der Waals surface area contributed by atoms with Crippen LogP contribution in [0.1, 0.15) is 39.5 Å². The Kier molecular flexibility index (Phi) is 19.8. The summed E-state index contributed by atoms with van der Waals surface area (Å²) in [6, 6.07) is 0. The second-order valence-corrected chi connectivity index (χ2v) is 4.16. The Labute approximate surface area is 117 Å². The molecule has 0 aromatic rings. The van der Waals surface area contributed by atoms with Gasteiger partial charge in [0.1, 0.15) is 12.2 Å². The van der Waals surface area contributed by atoms with E-state index in [1.807, 2.05) is 0 Å². The predicted molar refractivity (Wildman–Crippen MR) is 76.4 cm³/mol. The second-order valence-electron chi connectivity index (χ2n) is 4.16. The van der Waals surface area contributed by atoms with Crippen LogP contribution in [0.25, 0.3) is 0 Å². The second kappa shape index (κ2) is 17.8. The van der Waals surface area contributed by atoms with E-state index in [-0.39, 0.29) is 0 Å². The maximum absolute atomic E-state index is 7.00. The lowest BCUT2D eigenvalue weighted by atomic mass is 10.2. The molecule has 5 nitrogen and oxygen atoms in total. The average Bonchev–Trinajstić information content (AvgIpc) is 3.36. The molecule has 19 heavy (non-hydrogen) atoms. The number of unbranched alkanes of at least 4 members (excludes halogenated alkanes) is 3. The van der Waals surface area contributed by atoms with E-state index < -0.39 is 0 Å². The van der Waals surface area contributed by atoms with Crippen molar-refractivity contribution >= 4 is 0 Å². The Balaban J connectivity index is 0. The maximum Gasteiger partial charge on any atom is 0.104 e. The summed E-state index contributed by atoms with van der Waals surface area (Å²) in [5, 5.41) is 14.0. The maximum atomic E-state index is 7.00. The Bertz CT molecular complexity index is 131. The molecule has 0 aromatic heterocycles. The summed E-state index contributed by atoms with van der Waals surface area (Å²) in [5.74, 6) is 0. The molecule has 0 aromatic carbocycles. The lowest BCUT2D eigenvalue weighted by Crippen LogP contribution is -2.06. The molecule has 0 saturated carbocycles. The Morgan fingerprint density at radius 2 is 1.16 bits per heavy atom. The van der Waals surface area contributed by atoms with Crippen LogP contribution in [0, 0.1) is 0 Å². The van der Waals surface area contributed by atoms with Crippen LogP contribution in [0.15, 0.2) is 0 Å². The van der Waals surface area contributed by atoms with Crippen molar-refractivity contribution in [3.05, 3.63) is 0 Å². The quantitative estimate of drug-likeness (QED) is 0.547. The zero-order valence-electron chi connectivity index (χ0n) is 12.9. The van der Waals surface area contributed by atoms with Crippen LogP contribution in [0.3, 0.4) is 0 Å². The van der Waals surface area contributed by atoms with Crippen molar-refractivity contribution < 1.29 is 24.4 Å². The van der Waals surface area contributed by atoms with Crippen LogP contribution in [-0.4, -0.2) is 63.1 Å². The fraction of sp³-hybridized carbons (Fsp3) is 1.00. The van der Waals surface area contributed by atoms with Crippen LogP contribution < -0.4 is 0 Å². The first-order valence-corrected chi connectivity index (χ1v) is 7.07. The van der Waals surface area contributed by atoms with Gasteiger partial charge in [-0.1, -0.05) is 39.5 Å². The van der Waals surface area contributed by atoms with Gasteiger partial charge in [-0.2, -0.15) is 0 Å². The molecule has 5 heteroatoms. The predicted octanol–water partition coefficient (Wildman–Crippen LogP) is 1.60. The minimum atomic E-state index is 0.392. The molecule has 0 bridgehead atoms. The van der Waals surface area contributed by atoms with Gasteiger partial charge in [-0.15, -0.1) is 0 Å². The van der Waals surface area contributed by atoms with Crippen LogP contribution >= 0.6 is 0 Å². The van der Waals surface area contributed by atoms with Crippen molar-refractivity contribution in [2.24, 2.45) is 0 Å². The molecular formula is C14H32O5. The van der Waals surface area contributed by atoms with Crippen LogP contribution in [-0.2, 0) is 14.2 Å². The van der Waals surface area contributed by atoms with Crippen molar-refractivity contribution in [1.29, 1.82) is 0 Å². The average molecular weight is 280 g/mol. The first-order valence-electron chi connectivity index (χ1n) is 7.07. The molecule has 2 N–H and O–H groups in total. The monoisotopic (exact) mass is 280 g/mol. The lowest BCUT2D eigenvalue weighted by Gasteiger charge is -1.95. The Morgan fingerprint density at radius 3 is 1.37 bits per heavy atom. The van der Waals surface area contributed by atoms with Gasteiger partial charge in [-0.3, -0.25) is 0 Å². The highest BCUT2D eigenvalue weighted by molar-refractivity contribution is 4.71. The highest BCUT2D eigenvalue weighted by Gasteiger charge is 2.26. The molecule has 0 radical (unpaired) electrons. The normalized spacial score (nSPS) is 21.8. The first-order chi connectivity index (χ1) is 9.36. The van der Waals surface area contributed by atoms with Gasteiger partial charge in [0.15, 0.2) is 0 Å². The first kappa shape index (κ1) is 21.1. The van der Waals surface area contributed by atoms with Crippen LogP contribution in [0.5, 0.6) is 0 Å². The molecule has 2 heterocycles. The van der Waals surface area contributed by atoms with E-state index in [1.165, 1.54) is 25.7 Å². The highest BCUT2D eigenvalue weighted by atomic mass is 16.6. The molecule has 0 amide bonds. The summed E-state index contributed by atoms with van der Waals surface area (Å²) in [6.07, 6.45) is 6.32. The molecule has 0 aliphatic carbocycles. The van der Waals surface area contributed by atoms with E-state index in [9.17, 15) is 0 Å². The zero-order chi connectivity index (χ0) is 14.9. The molecule has 2 aliphatic heterocycles. The molecule has 2 aliphatic rings. The van der Waals surface area contributed by atoms with Crippen LogP contribution in [0.2, 0.25) is 0 Å². The van der Waals surface area contributed by atoms with Gasteiger partial charge in [0.2, 0.25) is 0 Å². The molecule has 2 atom stereocenters. The summed E-state index contributed by atoms with van der Waals surface area (Å²) < 4.78 is 15.1. The summed E-state index contributed by atoms with van der Waals surface area (Å²) in [5.41, 5.74) is 0. The van der Waals surface area contributed by atoms with Crippen molar-refractivity contribution in [1.82, 2.24) is 0 Å². The largest absolute Gasteiger partial charge is 0.400 e. The fourth-order valence-electron chi connectivity index (χ4n) is 1.16. The molecule has 2 saturated heterocycles. The third kappa shape index (κ3) is 20.3. The van der Waals surface area contributed by atoms with E-state index in [4.69, 9.17) is 24.4 Å². The third-order valence-corrected chi connectivity index (χ3v) is 2.37. The lowest BCUT2D eigenvalue weighted by molar-refractivity contribution is 0.102. The smallest absolute Gasteiger partial charge is 0.104 e. The van der Waals surface area contributed by atoms with Gasteiger partial charge >= 0.3 is 0 Å². The van der Waals surface area contributed by atoms with E-state index in [2.05, 4.69) is 13.8 Å². The number of ether oxygens (including phenoxy) is 3. The topological polar surface area (TPSA) is 74.8 Å². The SMILES string of the molecule is C(OCC1CO1)C1CO1.CCCCCC.CO.CO. The zero-order valence-corrected chi connectivity index (χ0v) is 12.9. The van der Waals surface area contributed by atoms with Crippen molar-refractivity contribution in [2.45, 2.75) is 51.7 Å². The standard InChI is InChI=1S/C6H10O3.C6H14.2CH4O/c1(5-3-8-5)7-2-6-4-9-6;1-3-5-6-4-2;2*1-2/h5-6H,1-4H2;3-6H2,1-2H3;2*2H,1H3. The molecule has 2 unspecified atom stereocenters. The molecule has 0 spiro atoms. The minimum Gasteiger partial charge on any atom is -0.400 e. The summed E-state index contributed by atoms with van der Waals surface area (Å²) >= 11 is 0. The van der Waals surface area contributed by atoms with E-state index in [0.717, 1.165) is 40.6 Å². The molecule has 2 rings (SSSR count). The van der Waals surface area contributed by atoms with E-state index >= 15 is 0 Å². The van der Waals surface area contributed by atoms with Crippen molar-refractivity contribution in [3.63, 3.8) is 0 Å². The molecule has 118 valence electrons. The minimum absolute atomic E-state index is 0.392. The van der Waals surface area contributed by atoms with Gasteiger partial charge in [0.05, 0.1) is 26.4 Å². The number of aliphatic hydroxyl groups excluding tert-OH is 2. The van der Waals surface area contributed by atoms with E-state index in [1.54, 1.807) is 0 Å². The Hall–Kier alpha value is -0.200. The fourth-order valence-corrected chi connectivity index (χ4v) is 1.16. The van der Waals surface area contributed by atoms with Crippen LogP contribution in [0.4, 0.5) is 0 Å². The van der Waals surface area contributed by atoms with Gasteiger partial charge < -0.3 is 24.4 Å². The highest BCUT2D eigenvalue weighted by Crippen LogP contribution is 2.12. The third-order valence-electron chi connectivity index (χ3n) is 2.37. The van der Waals surface area contributed by atoms with Gasteiger partial charge in [-0.05, 0) is 0 Å². The van der Waals surface area contributed by atoms with Gasteiger partial charge in [0, 0.05) is 14.2 Å². The van der Waals surface area contributed by atoms with Gasteiger partial charge in [0.25, 0.3) is 0 Å². The van der Waals surface area contributed by atoms with Crippen molar-refractivity contribution in [3.8, 4) is 0 Å². The molecular weight excluding hydrogens is 248 g/mol. The number of aliphatic hydroxyl groups is 2. The summed E-state index contributed by atoms with van der Waals surface area (Å²) in [4.78, 5) is 0. The number of hydrogen-bond acceptors (Lipinski definition) is 5. The summed E-state index contributed by atoms with van der Waals surface area (Å²) in [7, 11) is 2.00. The molecule has 2 fully saturated rings. The number of rotatable bonds is 7. The summed E-state index contributed by atoms with van der Waals surface area (Å²) in [6.45, 7) is 7.72. The Morgan fingerprint density at radius 1 is 0.842 bits per heavy atom. The number of epoxide rings is 2. The van der Waals surface area contributed by atoms with E-state index in [0.29, 0.717) is 12.2 Å². The van der Waals surface area contributed by atoms with Crippen molar-refractivity contribution in [2.75, 3.05) is 40.6 Å².